The summed E-state index contributed by atoms with van der Waals surface area (Å²) in [7, 11) is -19.1. The van der Waals surface area contributed by atoms with E-state index in [-0.39, 0.29) is 71.1 Å². The molecule has 3 N–H and O–H groups in total. The number of carbonyl (C=O) groups is 4. The van der Waals surface area contributed by atoms with Crippen LogP contribution in [-0.2, 0) is 76.8 Å². The second-order valence-electron chi connectivity index (χ2n) is 19.0. The first-order valence-electron chi connectivity index (χ1n) is 24.0. The molecule has 0 bridgehead atoms. The number of rotatable bonds is 23. The molecule has 20 nitrogen and oxygen atoms in total. The standard InChI is InChI=1S/C50H59F3N6O14S4/c1-7-74(65,66)55-38-20-16-36(17-21-38)30-44(47(62)63)58(46(61)43-11-9-29-57(43)76(69,70)41-26-14-35(5)15-27-41)39-22-18-37(19-23-39)31-49(48(64)73-6,59(54-32-33(2)3)77(71,72)50(51,52)53)45(60)42-10-8-28-56(42)75(67,68)40-24-12-34(4)13-25-40/h7,12-27,33,42-44,54-55H,1,8-11,28-32H2,2-6H3,(H,62,63)/t42-,43-,44-,49+/m0/s1. The summed E-state index contributed by atoms with van der Waals surface area (Å²) >= 11 is 0. The molecule has 418 valence electrons. The number of Topliss-reactive ketones (excluding diaryl/α,β-unsaturated/α-hetero) is 1. The van der Waals surface area contributed by atoms with Crippen LogP contribution in [0.15, 0.2) is 119 Å². The Kier molecular flexibility index (Phi) is 18.4. The van der Waals surface area contributed by atoms with Crippen molar-refractivity contribution in [3.63, 3.8) is 0 Å². The van der Waals surface area contributed by atoms with Crippen LogP contribution in [0.4, 0.5) is 24.5 Å². The Morgan fingerprint density at radius 3 is 1.69 bits per heavy atom. The molecule has 77 heavy (non-hydrogen) atoms. The van der Waals surface area contributed by atoms with Crippen LogP contribution in [-0.4, -0.2) is 131 Å². The molecule has 6 rings (SSSR count). The Morgan fingerprint density at radius 2 is 1.23 bits per heavy atom. The molecule has 4 aromatic carbocycles. The van der Waals surface area contributed by atoms with Crippen molar-refractivity contribution in [2.75, 3.05) is 36.4 Å². The monoisotopic (exact) mass is 1150 g/mol. The molecule has 4 aromatic rings. The van der Waals surface area contributed by atoms with Gasteiger partial charge in [-0.25, -0.2) is 48.7 Å². The minimum atomic E-state index is -6.77. The number of carboxylic acids is 1. The van der Waals surface area contributed by atoms with Crippen LogP contribution >= 0.6 is 0 Å². The third kappa shape index (κ3) is 12.8. The quantitative estimate of drug-likeness (QED) is 0.0486. The Labute approximate surface area is 446 Å². The van der Waals surface area contributed by atoms with Gasteiger partial charge in [0, 0.05) is 49.3 Å². The van der Waals surface area contributed by atoms with Crippen LogP contribution in [0, 0.1) is 19.8 Å². The van der Waals surface area contributed by atoms with Gasteiger partial charge in [0.2, 0.25) is 31.5 Å². The largest absolute Gasteiger partial charge is 0.512 e. The molecule has 2 fully saturated rings. The van der Waals surface area contributed by atoms with E-state index in [1.54, 1.807) is 26.0 Å². The van der Waals surface area contributed by atoms with Gasteiger partial charge in [0.25, 0.3) is 10.0 Å². The van der Waals surface area contributed by atoms with Gasteiger partial charge in [0.1, 0.15) is 12.1 Å². The molecule has 1 amide bonds. The van der Waals surface area contributed by atoms with E-state index in [9.17, 15) is 61.5 Å². The maximum absolute atomic E-state index is 15.4. The van der Waals surface area contributed by atoms with Gasteiger partial charge >= 0.3 is 27.5 Å². The number of benzene rings is 4. The Hall–Kier alpha value is -6.07. The van der Waals surface area contributed by atoms with Gasteiger partial charge < -0.3 is 9.84 Å². The first-order valence-corrected chi connectivity index (χ1v) is 29.8. The number of methoxy groups -OCH3 is 1. The number of hydrogen-bond donors (Lipinski definition) is 3. The SMILES string of the molecule is C=CS(=O)(=O)Nc1ccc(C[C@@H](C(=O)O)N(C(=O)[C@@H]2CCCN2S(=O)(=O)c2ccc(C)cc2)c2ccc(C[C@](C(=O)OC)(C(=O)[C@@H]3CCCN3S(=O)(=O)c3ccc(C)cc3)N(NCC(C)C)S(=O)(=O)C(F)(F)F)cc2)cc1. The summed E-state index contributed by atoms with van der Waals surface area (Å²) in [6.07, 6.45) is -2.07. The zero-order valence-electron chi connectivity index (χ0n) is 42.5. The lowest BCUT2D eigenvalue weighted by Crippen LogP contribution is -2.72. The fraction of sp³-hybridized carbons (Fsp3) is 0.400. The fourth-order valence-corrected chi connectivity index (χ4v) is 14.1. The Bertz CT molecular complexity index is 3310. The maximum atomic E-state index is 15.4. The third-order valence-corrected chi connectivity index (χ3v) is 19.4. The van der Waals surface area contributed by atoms with Gasteiger partial charge in [0.15, 0.2) is 5.78 Å². The number of anilines is 2. The predicted molar refractivity (Wildman–Crippen MR) is 278 cm³/mol. The van der Waals surface area contributed by atoms with Crippen molar-refractivity contribution in [3.05, 3.63) is 131 Å². The second kappa shape index (κ2) is 23.5. The Balaban J connectivity index is 1.52. The van der Waals surface area contributed by atoms with Gasteiger partial charge in [-0.15, -0.1) is 4.41 Å². The maximum Gasteiger partial charge on any atom is 0.512 e. The lowest BCUT2D eigenvalue weighted by molar-refractivity contribution is -0.161. The van der Waals surface area contributed by atoms with Gasteiger partial charge in [-0.3, -0.25) is 19.2 Å². The van der Waals surface area contributed by atoms with E-state index in [2.05, 4.69) is 16.7 Å². The Morgan fingerprint density at radius 1 is 0.753 bits per heavy atom. The highest BCUT2D eigenvalue weighted by Gasteiger charge is 2.65. The van der Waals surface area contributed by atoms with Gasteiger partial charge in [-0.2, -0.15) is 21.8 Å². The van der Waals surface area contributed by atoms with Gasteiger partial charge in [0.05, 0.1) is 22.9 Å². The first kappa shape index (κ1) is 60.2. The zero-order chi connectivity index (χ0) is 57.1. The predicted octanol–water partition coefficient (Wildman–Crippen LogP) is 5.26. The molecule has 2 aliphatic heterocycles. The van der Waals surface area contributed by atoms with Crippen LogP contribution < -0.4 is 15.0 Å². The number of sulfonamides is 4. The average Bonchev–Trinajstić information content (AvgIpc) is 4.12. The van der Waals surface area contributed by atoms with Gasteiger partial charge in [-0.1, -0.05) is 80.1 Å². The van der Waals surface area contributed by atoms with Crippen molar-refractivity contribution in [2.24, 2.45) is 5.92 Å². The number of ether oxygens (including phenoxy) is 1. The minimum Gasteiger partial charge on any atom is -0.480 e. The number of esters is 1. The molecular formula is C50H59F3N6O14S4. The van der Waals surface area contributed by atoms with Crippen LogP contribution in [0.2, 0.25) is 0 Å². The summed E-state index contributed by atoms with van der Waals surface area (Å²) in [6.45, 7) is 8.55. The lowest BCUT2D eigenvalue weighted by Gasteiger charge is -2.42. The molecule has 2 saturated heterocycles. The van der Waals surface area contributed by atoms with Crippen molar-refractivity contribution >= 4 is 75.1 Å². The van der Waals surface area contributed by atoms with Crippen molar-refractivity contribution in [1.29, 1.82) is 0 Å². The number of amides is 1. The number of nitrogens with zero attached hydrogens (tertiary/aromatic N) is 4. The van der Waals surface area contributed by atoms with Crippen LogP contribution in [0.5, 0.6) is 0 Å². The fourth-order valence-electron chi connectivity index (χ4n) is 9.13. The average molecular weight is 1150 g/mol. The number of hydrazine groups is 1. The molecule has 2 aliphatic rings. The summed E-state index contributed by atoms with van der Waals surface area (Å²) in [5.41, 5.74) is -6.43. The number of aliphatic carboxylic acids is 1. The highest BCUT2D eigenvalue weighted by atomic mass is 32.2. The second-order valence-corrected chi connectivity index (χ2v) is 26.2. The number of hydrogen-bond acceptors (Lipinski definition) is 14. The van der Waals surface area contributed by atoms with Crippen molar-refractivity contribution in [3.8, 4) is 0 Å². The number of carboxylic acid groups (broad SMARTS) is 1. The summed E-state index contributed by atoms with van der Waals surface area (Å²) in [6, 6.07) is 15.7. The lowest BCUT2D eigenvalue weighted by atomic mass is 9.83. The summed E-state index contributed by atoms with van der Waals surface area (Å²) < 4.78 is 162. The molecule has 0 aromatic heterocycles. The summed E-state index contributed by atoms with van der Waals surface area (Å²) in [4.78, 5) is 58.9. The van der Waals surface area contributed by atoms with E-state index in [1.807, 2.05) is 0 Å². The van der Waals surface area contributed by atoms with E-state index in [4.69, 9.17) is 4.74 Å². The molecule has 4 atom stereocenters. The summed E-state index contributed by atoms with van der Waals surface area (Å²) in [5, 5.41) is 11.6. The molecular weight excluding hydrogens is 1090 g/mol. The number of ketones is 1. The normalized spacial score (nSPS) is 18.2. The van der Waals surface area contributed by atoms with Crippen molar-refractivity contribution in [1.82, 2.24) is 18.5 Å². The minimum absolute atomic E-state index is 0.0451. The number of halogens is 3. The van der Waals surface area contributed by atoms with E-state index in [0.29, 0.717) is 22.4 Å². The number of aryl methyl sites for hydroxylation is 2. The highest BCUT2D eigenvalue weighted by Crippen LogP contribution is 2.39. The van der Waals surface area contributed by atoms with E-state index >= 15 is 9.59 Å². The molecule has 0 spiro atoms. The number of alkyl halides is 3. The van der Waals surface area contributed by atoms with Crippen LogP contribution in [0.25, 0.3) is 0 Å². The van der Waals surface area contributed by atoms with Gasteiger partial charge in [-0.05, 0) is 105 Å². The highest BCUT2D eigenvalue weighted by molar-refractivity contribution is 7.95. The number of nitrogens with one attached hydrogen (secondary N) is 2. The van der Waals surface area contributed by atoms with E-state index in [1.165, 1.54) is 74.5 Å². The third-order valence-electron chi connectivity index (χ3n) is 13.1. The molecule has 0 radical (unpaired) electrons. The zero-order valence-corrected chi connectivity index (χ0v) is 45.8. The van der Waals surface area contributed by atoms with E-state index < -0.39 is 123 Å². The van der Waals surface area contributed by atoms with Crippen molar-refractivity contribution < 1.29 is 75.9 Å². The first-order chi connectivity index (χ1) is 35.9. The molecule has 0 aliphatic carbocycles. The van der Waals surface area contributed by atoms with E-state index in [0.717, 1.165) is 39.0 Å². The van der Waals surface area contributed by atoms with Crippen molar-refractivity contribution in [2.45, 2.75) is 105 Å². The topological polar surface area (TPSA) is 271 Å². The molecule has 2 heterocycles. The number of carbonyl (C=O) groups excluding carboxylic acids is 3. The van der Waals surface area contributed by atoms with Crippen LogP contribution in [0.1, 0.15) is 61.8 Å². The molecule has 27 heteroatoms. The smallest absolute Gasteiger partial charge is 0.480 e. The molecule has 0 unspecified atom stereocenters. The summed E-state index contributed by atoms with van der Waals surface area (Å²) in [5.74, 6) is -6.70. The molecule has 0 saturated carbocycles. The van der Waals surface area contributed by atoms with Crippen LogP contribution in [0.3, 0.4) is 0 Å².